The molecule has 1 atom stereocenters. The highest BCUT2D eigenvalue weighted by atomic mass is 35.5. The fraction of sp³-hybridized carbons (Fsp3) is 0.174. The van der Waals surface area contributed by atoms with Crippen molar-refractivity contribution in [2.24, 2.45) is 0 Å². The van der Waals surface area contributed by atoms with E-state index in [9.17, 15) is 4.79 Å². The number of amides is 1. The monoisotopic (exact) mass is 466 g/mol. The Morgan fingerprint density at radius 1 is 1.16 bits per heavy atom. The van der Waals surface area contributed by atoms with Crippen LogP contribution in [-0.4, -0.2) is 37.9 Å². The Hall–Kier alpha value is -2.61. The van der Waals surface area contributed by atoms with Crippen LogP contribution >= 0.6 is 34.7 Å². The predicted octanol–water partition coefficient (Wildman–Crippen LogP) is 5.25. The number of rotatable bonds is 5. The Kier molecular flexibility index (Phi) is 5.80. The zero-order valence-corrected chi connectivity index (χ0v) is 18.9. The van der Waals surface area contributed by atoms with E-state index in [0.29, 0.717) is 22.5 Å². The Bertz CT molecular complexity index is 1210. The Labute approximate surface area is 193 Å². The standard InChI is InChI=1S/C23H19ClN4OS2/c24-17-7-4-8-18(13-17)28-15-25-26-23(28)31-14-21(29)27-11-9-20-19(10-12-30-20)22(27)16-5-2-1-3-6-16/h1-8,10,12-13,15,22H,9,11,14H2. The molecular formula is C23H19ClN4OS2. The number of carbonyl (C=O) groups excluding carboxylic acids is 1. The molecule has 1 amide bonds. The molecule has 5 nitrogen and oxygen atoms in total. The van der Waals surface area contributed by atoms with Crippen molar-refractivity contribution in [2.75, 3.05) is 12.3 Å². The maximum atomic E-state index is 13.3. The number of carbonyl (C=O) groups is 1. The van der Waals surface area contributed by atoms with Gasteiger partial charge in [-0.05, 0) is 47.2 Å². The lowest BCUT2D eigenvalue weighted by Gasteiger charge is -2.36. The van der Waals surface area contributed by atoms with Crippen molar-refractivity contribution in [1.29, 1.82) is 0 Å². The van der Waals surface area contributed by atoms with Gasteiger partial charge in [-0.3, -0.25) is 9.36 Å². The van der Waals surface area contributed by atoms with Gasteiger partial charge in [0.2, 0.25) is 5.91 Å². The molecule has 2 aromatic heterocycles. The molecule has 156 valence electrons. The summed E-state index contributed by atoms with van der Waals surface area (Å²) in [6, 6.07) is 19.9. The largest absolute Gasteiger partial charge is 0.330 e. The molecule has 1 aliphatic heterocycles. The molecule has 5 rings (SSSR count). The van der Waals surface area contributed by atoms with Crippen molar-refractivity contribution in [3.63, 3.8) is 0 Å². The Morgan fingerprint density at radius 2 is 2.03 bits per heavy atom. The van der Waals surface area contributed by atoms with Crippen LogP contribution in [0, 0.1) is 0 Å². The first-order valence-corrected chi connectivity index (χ1v) is 12.1. The molecule has 0 fully saturated rings. The van der Waals surface area contributed by atoms with Gasteiger partial charge in [0.25, 0.3) is 0 Å². The highest BCUT2D eigenvalue weighted by Gasteiger charge is 2.32. The lowest BCUT2D eigenvalue weighted by atomic mass is 9.93. The highest BCUT2D eigenvalue weighted by molar-refractivity contribution is 7.99. The summed E-state index contributed by atoms with van der Waals surface area (Å²) in [5.41, 5.74) is 3.25. The van der Waals surface area contributed by atoms with Crippen molar-refractivity contribution in [1.82, 2.24) is 19.7 Å². The number of halogens is 1. The van der Waals surface area contributed by atoms with Gasteiger partial charge >= 0.3 is 0 Å². The SMILES string of the molecule is O=C(CSc1nncn1-c1cccc(Cl)c1)N1CCc2sccc2C1c1ccccc1. The summed E-state index contributed by atoms with van der Waals surface area (Å²) in [5, 5.41) is 11.7. The molecule has 1 unspecified atom stereocenters. The van der Waals surface area contributed by atoms with Gasteiger partial charge in [0, 0.05) is 16.4 Å². The summed E-state index contributed by atoms with van der Waals surface area (Å²) in [6.45, 7) is 0.716. The van der Waals surface area contributed by atoms with Crippen LogP contribution in [0.1, 0.15) is 22.0 Å². The molecule has 31 heavy (non-hydrogen) atoms. The third-order valence-electron chi connectivity index (χ3n) is 5.33. The number of aromatic nitrogens is 3. The Balaban J connectivity index is 1.37. The number of fused-ring (bicyclic) bond motifs is 1. The quantitative estimate of drug-likeness (QED) is 0.377. The Morgan fingerprint density at radius 3 is 2.87 bits per heavy atom. The van der Waals surface area contributed by atoms with Crippen LogP contribution in [0.25, 0.3) is 5.69 Å². The average Bonchev–Trinajstić information content (AvgIpc) is 3.46. The minimum atomic E-state index is -0.0462. The van der Waals surface area contributed by atoms with Crippen molar-refractivity contribution >= 4 is 40.6 Å². The number of nitrogens with zero attached hydrogens (tertiary/aromatic N) is 4. The molecule has 0 saturated heterocycles. The van der Waals surface area contributed by atoms with Gasteiger partial charge in [0.05, 0.1) is 17.5 Å². The zero-order chi connectivity index (χ0) is 21.2. The van der Waals surface area contributed by atoms with Gasteiger partial charge in [-0.15, -0.1) is 21.5 Å². The molecule has 3 heterocycles. The fourth-order valence-electron chi connectivity index (χ4n) is 3.91. The molecule has 0 aliphatic carbocycles. The van der Waals surface area contributed by atoms with E-state index in [1.807, 2.05) is 51.9 Å². The molecule has 1 aliphatic rings. The van der Waals surface area contributed by atoms with Crippen LogP contribution in [-0.2, 0) is 11.2 Å². The van der Waals surface area contributed by atoms with E-state index in [-0.39, 0.29) is 11.9 Å². The van der Waals surface area contributed by atoms with Crippen LogP contribution in [0.2, 0.25) is 5.02 Å². The van der Waals surface area contributed by atoms with Crippen molar-refractivity contribution in [3.05, 3.63) is 93.4 Å². The van der Waals surface area contributed by atoms with E-state index in [4.69, 9.17) is 11.6 Å². The first-order valence-electron chi connectivity index (χ1n) is 9.90. The first kappa shape index (κ1) is 20.3. The number of thioether (sulfide) groups is 1. The van der Waals surface area contributed by atoms with E-state index in [2.05, 4.69) is 33.8 Å². The summed E-state index contributed by atoms with van der Waals surface area (Å²) in [7, 11) is 0. The van der Waals surface area contributed by atoms with Gasteiger partial charge in [-0.25, -0.2) is 0 Å². The summed E-state index contributed by atoms with van der Waals surface area (Å²) < 4.78 is 1.85. The van der Waals surface area contributed by atoms with Gasteiger partial charge in [0.15, 0.2) is 5.16 Å². The minimum Gasteiger partial charge on any atom is -0.330 e. The van der Waals surface area contributed by atoms with E-state index in [0.717, 1.165) is 17.7 Å². The van der Waals surface area contributed by atoms with Crippen LogP contribution in [0.15, 0.2) is 77.5 Å². The van der Waals surface area contributed by atoms with E-state index < -0.39 is 0 Å². The number of hydrogen-bond acceptors (Lipinski definition) is 5. The van der Waals surface area contributed by atoms with E-state index in [1.54, 1.807) is 17.7 Å². The number of benzene rings is 2. The first-order chi connectivity index (χ1) is 15.2. The van der Waals surface area contributed by atoms with Gasteiger partial charge in [-0.1, -0.05) is 59.8 Å². The number of hydrogen-bond donors (Lipinski definition) is 0. The minimum absolute atomic E-state index is 0.0462. The van der Waals surface area contributed by atoms with Gasteiger partial charge < -0.3 is 4.90 Å². The molecule has 0 bridgehead atoms. The topological polar surface area (TPSA) is 51.0 Å². The van der Waals surface area contributed by atoms with Gasteiger partial charge in [0.1, 0.15) is 6.33 Å². The summed E-state index contributed by atoms with van der Waals surface area (Å²) in [6.07, 6.45) is 2.54. The third-order valence-corrected chi connectivity index (χ3v) is 7.49. The summed E-state index contributed by atoms with van der Waals surface area (Å²) in [5.74, 6) is 0.388. The van der Waals surface area contributed by atoms with Crippen LogP contribution in [0.4, 0.5) is 0 Å². The highest BCUT2D eigenvalue weighted by Crippen LogP contribution is 2.38. The lowest BCUT2D eigenvalue weighted by Crippen LogP contribution is -2.41. The van der Waals surface area contributed by atoms with Crippen molar-refractivity contribution in [3.8, 4) is 5.69 Å². The van der Waals surface area contributed by atoms with Crippen LogP contribution < -0.4 is 0 Å². The van der Waals surface area contributed by atoms with Crippen LogP contribution in [0.3, 0.4) is 0 Å². The smallest absolute Gasteiger partial charge is 0.233 e. The molecule has 0 radical (unpaired) electrons. The fourth-order valence-corrected chi connectivity index (χ4v) is 5.82. The summed E-state index contributed by atoms with van der Waals surface area (Å²) in [4.78, 5) is 16.7. The maximum absolute atomic E-state index is 13.3. The summed E-state index contributed by atoms with van der Waals surface area (Å²) >= 11 is 9.30. The van der Waals surface area contributed by atoms with Crippen molar-refractivity contribution < 1.29 is 4.79 Å². The average molecular weight is 467 g/mol. The number of thiophene rings is 1. The third kappa shape index (κ3) is 4.13. The van der Waals surface area contributed by atoms with Crippen molar-refractivity contribution in [2.45, 2.75) is 17.6 Å². The second-order valence-electron chi connectivity index (χ2n) is 7.20. The molecular weight excluding hydrogens is 448 g/mol. The second kappa shape index (κ2) is 8.86. The molecule has 2 aromatic carbocycles. The van der Waals surface area contributed by atoms with E-state index in [1.165, 1.54) is 22.2 Å². The molecule has 0 N–H and O–H groups in total. The van der Waals surface area contributed by atoms with Crippen LogP contribution in [0.5, 0.6) is 0 Å². The predicted molar refractivity (Wildman–Crippen MR) is 125 cm³/mol. The second-order valence-corrected chi connectivity index (χ2v) is 9.58. The zero-order valence-electron chi connectivity index (χ0n) is 16.5. The molecule has 0 spiro atoms. The molecule has 0 saturated carbocycles. The van der Waals surface area contributed by atoms with E-state index >= 15 is 0 Å². The lowest BCUT2D eigenvalue weighted by molar-refractivity contribution is -0.130. The molecule has 4 aromatic rings. The normalized spacial score (nSPS) is 15.6. The maximum Gasteiger partial charge on any atom is 0.233 e. The van der Waals surface area contributed by atoms with Gasteiger partial charge in [-0.2, -0.15) is 0 Å². The molecule has 8 heteroatoms.